The molecule has 0 amide bonds. The van der Waals surface area contributed by atoms with E-state index in [4.69, 9.17) is 0 Å². The van der Waals surface area contributed by atoms with Gasteiger partial charge in [-0.25, -0.2) is 4.39 Å². The average molecular weight is 228 g/mol. The van der Waals surface area contributed by atoms with E-state index in [0.717, 1.165) is 17.5 Å². The summed E-state index contributed by atoms with van der Waals surface area (Å²) in [6.45, 7) is 2.06. The minimum Gasteiger partial charge on any atom is -0.505 e. The molecule has 2 aromatic rings. The van der Waals surface area contributed by atoms with E-state index in [1.165, 1.54) is 17.2 Å². The van der Waals surface area contributed by atoms with Gasteiger partial charge in [-0.05, 0) is 48.1 Å². The van der Waals surface area contributed by atoms with Crippen molar-refractivity contribution >= 4 is 0 Å². The summed E-state index contributed by atoms with van der Waals surface area (Å²) in [6.07, 6.45) is 1.50. The van der Waals surface area contributed by atoms with Crippen LogP contribution in [-0.2, 0) is 12.8 Å². The first kappa shape index (κ1) is 10.3. The molecular formula is C15H13FO. The van der Waals surface area contributed by atoms with Gasteiger partial charge in [0.1, 0.15) is 0 Å². The lowest BCUT2D eigenvalue weighted by molar-refractivity contribution is 0.428. The third kappa shape index (κ3) is 1.52. The third-order valence-electron chi connectivity index (χ3n) is 3.42. The van der Waals surface area contributed by atoms with Gasteiger partial charge in [0.2, 0.25) is 0 Å². The van der Waals surface area contributed by atoms with Gasteiger partial charge < -0.3 is 5.11 Å². The van der Waals surface area contributed by atoms with Crippen LogP contribution in [0.15, 0.2) is 30.3 Å². The largest absolute Gasteiger partial charge is 0.505 e. The molecule has 0 aromatic heterocycles. The average Bonchev–Trinajstić information content (AvgIpc) is 2.33. The molecule has 1 aliphatic carbocycles. The van der Waals surface area contributed by atoms with Gasteiger partial charge in [-0.3, -0.25) is 0 Å². The van der Waals surface area contributed by atoms with Crippen molar-refractivity contribution in [3.8, 4) is 16.9 Å². The van der Waals surface area contributed by atoms with Crippen molar-refractivity contribution < 1.29 is 9.50 Å². The highest BCUT2D eigenvalue weighted by Crippen LogP contribution is 2.37. The summed E-state index contributed by atoms with van der Waals surface area (Å²) in [6, 6.07) is 9.48. The normalized spacial score (nSPS) is 13.1. The van der Waals surface area contributed by atoms with E-state index in [1.807, 2.05) is 12.1 Å². The van der Waals surface area contributed by atoms with Gasteiger partial charge in [0.25, 0.3) is 0 Å². The highest BCUT2D eigenvalue weighted by atomic mass is 19.1. The molecule has 0 saturated heterocycles. The molecule has 86 valence electrons. The molecule has 2 aromatic carbocycles. The molecule has 0 unspecified atom stereocenters. The van der Waals surface area contributed by atoms with E-state index in [0.29, 0.717) is 12.0 Å². The van der Waals surface area contributed by atoms with Crippen LogP contribution in [0.25, 0.3) is 11.1 Å². The van der Waals surface area contributed by atoms with Crippen LogP contribution in [0.5, 0.6) is 5.75 Å². The van der Waals surface area contributed by atoms with Crippen LogP contribution in [0, 0.1) is 12.7 Å². The maximum Gasteiger partial charge on any atom is 0.168 e. The van der Waals surface area contributed by atoms with E-state index >= 15 is 0 Å². The van der Waals surface area contributed by atoms with Crippen LogP contribution in [0.3, 0.4) is 0 Å². The van der Waals surface area contributed by atoms with Crippen LogP contribution >= 0.6 is 0 Å². The van der Waals surface area contributed by atoms with Crippen LogP contribution in [0.2, 0.25) is 0 Å². The number of fused-ring (bicyclic) bond motifs is 3. The second-order valence-corrected chi connectivity index (χ2v) is 4.59. The molecule has 1 nitrogen and oxygen atoms in total. The zero-order valence-corrected chi connectivity index (χ0v) is 9.63. The smallest absolute Gasteiger partial charge is 0.168 e. The van der Waals surface area contributed by atoms with Crippen LogP contribution in [0.4, 0.5) is 4.39 Å². The lowest BCUT2D eigenvalue weighted by Crippen LogP contribution is -2.06. The fraction of sp³-hybridized carbons (Fsp3) is 0.200. The molecule has 0 saturated carbocycles. The predicted molar refractivity (Wildman–Crippen MR) is 65.6 cm³/mol. The molecule has 3 rings (SSSR count). The highest BCUT2D eigenvalue weighted by molar-refractivity contribution is 5.74. The Balaban J connectivity index is 2.27. The summed E-state index contributed by atoms with van der Waals surface area (Å²) < 4.78 is 13.8. The minimum atomic E-state index is -0.464. The zero-order valence-electron chi connectivity index (χ0n) is 9.63. The number of hydrogen-bond donors (Lipinski definition) is 1. The standard InChI is InChI=1S/C15H13FO/c1-9-2-4-11-10(8-9)3-5-13-12(11)6-7-14(17)15(13)16/h2,4,6-8,17H,3,5H2,1H3. The zero-order chi connectivity index (χ0) is 12.0. The highest BCUT2D eigenvalue weighted by Gasteiger charge is 2.20. The van der Waals surface area contributed by atoms with Crippen LogP contribution < -0.4 is 0 Å². The molecule has 0 fully saturated rings. The summed E-state index contributed by atoms with van der Waals surface area (Å²) in [4.78, 5) is 0. The molecule has 0 heterocycles. The SMILES string of the molecule is Cc1ccc2c(c1)CCc1c-2ccc(O)c1F. The van der Waals surface area contributed by atoms with Crippen molar-refractivity contribution in [2.24, 2.45) is 0 Å². The number of phenolic OH excluding ortho intramolecular Hbond substituents is 1. The van der Waals surface area contributed by atoms with Gasteiger partial charge in [-0.1, -0.05) is 29.8 Å². The van der Waals surface area contributed by atoms with E-state index in [2.05, 4.69) is 13.0 Å². The Morgan fingerprint density at radius 2 is 1.82 bits per heavy atom. The first-order chi connectivity index (χ1) is 8.16. The first-order valence-electron chi connectivity index (χ1n) is 5.77. The minimum absolute atomic E-state index is 0.251. The maximum atomic E-state index is 13.8. The second-order valence-electron chi connectivity index (χ2n) is 4.59. The molecule has 0 aliphatic heterocycles. The lowest BCUT2D eigenvalue weighted by Gasteiger charge is -2.21. The Kier molecular flexibility index (Phi) is 2.18. The number of aryl methyl sites for hydroxylation is 2. The Morgan fingerprint density at radius 3 is 2.65 bits per heavy atom. The topological polar surface area (TPSA) is 20.2 Å². The Bertz CT molecular complexity index is 602. The molecule has 0 radical (unpaired) electrons. The third-order valence-corrected chi connectivity index (χ3v) is 3.42. The van der Waals surface area contributed by atoms with Gasteiger partial charge in [-0.2, -0.15) is 0 Å². The quantitative estimate of drug-likeness (QED) is 0.730. The first-order valence-corrected chi connectivity index (χ1v) is 5.77. The summed E-state index contributed by atoms with van der Waals surface area (Å²) in [5.74, 6) is -0.715. The molecule has 1 N–H and O–H groups in total. The molecule has 0 bridgehead atoms. The van der Waals surface area contributed by atoms with Gasteiger partial charge in [-0.15, -0.1) is 0 Å². The van der Waals surface area contributed by atoms with Gasteiger partial charge in [0, 0.05) is 0 Å². The van der Waals surface area contributed by atoms with Gasteiger partial charge in [0.05, 0.1) is 0 Å². The number of rotatable bonds is 0. The number of halogens is 1. The van der Waals surface area contributed by atoms with Crippen molar-refractivity contribution in [1.29, 1.82) is 0 Å². The summed E-state index contributed by atoms with van der Waals surface area (Å²) in [5, 5.41) is 9.39. The van der Waals surface area contributed by atoms with Crippen LogP contribution in [0.1, 0.15) is 16.7 Å². The van der Waals surface area contributed by atoms with Gasteiger partial charge >= 0.3 is 0 Å². The predicted octanol–water partition coefficient (Wildman–Crippen LogP) is 3.61. The fourth-order valence-electron chi connectivity index (χ4n) is 2.56. The number of benzene rings is 2. The Hall–Kier alpha value is -1.83. The van der Waals surface area contributed by atoms with Gasteiger partial charge in [0.15, 0.2) is 11.6 Å². The molecular weight excluding hydrogens is 215 g/mol. The van der Waals surface area contributed by atoms with E-state index in [-0.39, 0.29) is 5.75 Å². The maximum absolute atomic E-state index is 13.8. The molecule has 17 heavy (non-hydrogen) atoms. The second kappa shape index (κ2) is 3.59. The number of aromatic hydroxyl groups is 1. The Labute approximate surface area is 99.5 Å². The van der Waals surface area contributed by atoms with Crippen molar-refractivity contribution in [2.75, 3.05) is 0 Å². The summed E-state index contributed by atoms with van der Waals surface area (Å²) in [7, 11) is 0. The van der Waals surface area contributed by atoms with E-state index in [1.54, 1.807) is 6.07 Å². The van der Waals surface area contributed by atoms with E-state index < -0.39 is 5.82 Å². The van der Waals surface area contributed by atoms with Crippen molar-refractivity contribution in [3.05, 3.63) is 52.8 Å². The fourth-order valence-corrected chi connectivity index (χ4v) is 2.56. The van der Waals surface area contributed by atoms with Crippen molar-refractivity contribution in [2.45, 2.75) is 19.8 Å². The molecule has 0 atom stereocenters. The van der Waals surface area contributed by atoms with E-state index in [9.17, 15) is 9.50 Å². The van der Waals surface area contributed by atoms with Crippen molar-refractivity contribution in [1.82, 2.24) is 0 Å². The summed E-state index contributed by atoms with van der Waals surface area (Å²) >= 11 is 0. The number of hydrogen-bond acceptors (Lipinski definition) is 1. The molecule has 2 heteroatoms. The van der Waals surface area contributed by atoms with Crippen molar-refractivity contribution in [3.63, 3.8) is 0 Å². The van der Waals surface area contributed by atoms with Crippen LogP contribution in [-0.4, -0.2) is 5.11 Å². The number of phenols is 1. The summed E-state index contributed by atoms with van der Waals surface area (Å²) in [5.41, 5.74) is 5.15. The Morgan fingerprint density at radius 1 is 1.06 bits per heavy atom. The molecule has 1 aliphatic rings. The lowest BCUT2D eigenvalue weighted by atomic mass is 9.84. The molecule has 0 spiro atoms. The monoisotopic (exact) mass is 228 g/mol.